The lowest BCUT2D eigenvalue weighted by atomic mass is 10.2. The van der Waals surface area contributed by atoms with Gasteiger partial charge in [0.15, 0.2) is 5.65 Å². The molecule has 2 aromatic heterocycles. The van der Waals surface area contributed by atoms with Crippen LogP contribution < -0.4 is 16.3 Å². The first-order valence-electron chi connectivity index (χ1n) is 9.38. The number of hydrogen-bond donors (Lipinski definition) is 2. The molecule has 0 spiro atoms. The summed E-state index contributed by atoms with van der Waals surface area (Å²) in [5.74, 6) is -0.214. The molecule has 0 fully saturated rings. The summed E-state index contributed by atoms with van der Waals surface area (Å²) in [6.07, 6.45) is 0.0720. The standard InChI is InChI=1S/C20H22BrN5O3/c1-3-25-15-8-9-16(24-19(15)26(4-2)20(25)29)23-18(28)11-10-17(27)22-14-7-5-6-13(21)12-14/h5-9,12H,3-4,10-11H2,1-2H3,(H,22,27)(H,23,24,28). The van der Waals surface area contributed by atoms with Crippen LogP contribution >= 0.6 is 15.9 Å². The van der Waals surface area contributed by atoms with E-state index in [0.29, 0.717) is 30.2 Å². The Kier molecular flexibility index (Phi) is 6.48. The lowest BCUT2D eigenvalue weighted by Gasteiger charge is -2.07. The molecule has 0 aliphatic heterocycles. The molecule has 0 aliphatic carbocycles. The number of nitrogens with zero attached hydrogens (tertiary/aromatic N) is 3. The van der Waals surface area contributed by atoms with E-state index in [-0.39, 0.29) is 30.3 Å². The first-order valence-corrected chi connectivity index (χ1v) is 10.2. The van der Waals surface area contributed by atoms with E-state index in [4.69, 9.17) is 0 Å². The quantitative estimate of drug-likeness (QED) is 0.565. The van der Waals surface area contributed by atoms with Gasteiger partial charge < -0.3 is 10.6 Å². The van der Waals surface area contributed by atoms with E-state index in [1.165, 1.54) is 0 Å². The Hall–Kier alpha value is -2.94. The highest BCUT2D eigenvalue weighted by Gasteiger charge is 2.14. The molecule has 0 saturated carbocycles. The molecule has 0 unspecified atom stereocenters. The van der Waals surface area contributed by atoms with Gasteiger partial charge in [0, 0.05) is 36.1 Å². The van der Waals surface area contributed by atoms with Crippen molar-refractivity contribution in [2.75, 3.05) is 10.6 Å². The minimum Gasteiger partial charge on any atom is -0.326 e. The highest BCUT2D eigenvalue weighted by atomic mass is 79.9. The zero-order valence-electron chi connectivity index (χ0n) is 16.2. The van der Waals surface area contributed by atoms with Crippen molar-refractivity contribution in [3.63, 3.8) is 0 Å². The van der Waals surface area contributed by atoms with Crippen LogP contribution in [0.3, 0.4) is 0 Å². The van der Waals surface area contributed by atoms with Gasteiger partial charge >= 0.3 is 5.69 Å². The molecule has 0 saturated heterocycles. The van der Waals surface area contributed by atoms with Crippen molar-refractivity contribution in [3.8, 4) is 0 Å². The van der Waals surface area contributed by atoms with Crippen molar-refractivity contribution in [3.05, 3.63) is 51.4 Å². The van der Waals surface area contributed by atoms with Gasteiger partial charge in [-0.05, 0) is 44.2 Å². The predicted molar refractivity (Wildman–Crippen MR) is 116 cm³/mol. The molecule has 8 nitrogen and oxygen atoms in total. The highest BCUT2D eigenvalue weighted by molar-refractivity contribution is 9.10. The number of hydrogen-bond acceptors (Lipinski definition) is 4. The van der Waals surface area contributed by atoms with Gasteiger partial charge in [-0.1, -0.05) is 22.0 Å². The van der Waals surface area contributed by atoms with Crippen molar-refractivity contribution in [1.82, 2.24) is 14.1 Å². The van der Waals surface area contributed by atoms with Crippen LogP contribution in [0.1, 0.15) is 26.7 Å². The summed E-state index contributed by atoms with van der Waals surface area (Å²) in [7, 11) is 0. The van der Waals surface area contributed by atoms with E-state index in [1.54, 1.807) is 33.4 Å². The molecular formula is C20H22BrN5O3. The second-order valence-electron chi connectivity index (χ2n) is 6.42. The number of imidazole rings is 1. The van der Waals surface area contributed by atoms with Crippen LogP contribution in [0, 0.1) is 0 Å². The maximum absolute atomic E-state index is 12.4. The lowest BCUT2D eigenvalue weighted by molar-refractivity contribution is -0.121. The van der Waals surface area contributed by atoms with E-state index >= 15 is 0 Å². The molecule has 3 rings (SSSR count). The average Bonchev–Trinajstić information content (AvgIpc) is 2.96. The van der Waals surface area contributed by atoms with Crippen molar-refractivity contribution >= 4 is 50.4 Å². The number of anilines is 2. The van der Waals surface area contributed by atoms with Gasteiger partial charge in [-0.25, -0.2) is 9.78 Å². The van der Waals surface area contributed by atoms with Gasteiger partial charge in [0.2, 0.25) is 11.8 Å². The summed E-state index contributed by atoms with van der Waals surface area (Å²) in [6, 6.07) is 10.7. The van der Waals surface area contributed by atoms with Crippen LogP contribution in [0.5, 0.6) is 0 Å². The number of benzene rings is 1. The number of halogens is 1. The number of fused-ring (bicyclic) bond motifs is 1. The zero-order valence-corrected chi connectivity index (χ0v) is 17.8. The van der Waals surface area contributed by atoms with Gasteiger partial charge in [-0.2, -0.15) is 0 Å². The number of aromatic nitrogens is 3. The summed E-state index contributed by atoms with van der Waals surface area (Å²) in [6.45, 7) is 4.80. The van der Waals surface area contributed by atoms with E-state index in [2.05, 4.69) is 31.5 Å². The molecule has 2 N–H and O–H groups in total. The van der Waals surface area contributed by atoms with Crippen LogP contribution in [-0.2, 0) is 22.7 Å². The number of rotatable bonds is 7. The predicted octanol–water partition coefficient (Wildman–Crippen LogP) is 3.36. The number of carbonyl (C=O) groups is 2. The largest absolute Gasteiger partial charge is 0.330 e. The van der Waals surface area contributed by atoms with Crippen molar-refractivity contribution < 1.29 is 9.59 Å². The SMILES string of the molecule is CCn1c(=O)n(CC)c2nc(NC(=O)CCC(=O)Nc3cccc(Br)c3)ccc21. The van der Waals surface area contributed by atoms with E-state index in [0.717, 1.165) is 9.99 Å². The Labute approximate surface area is 176 Å². The molecule has 3 aromatic rings. The number of aryl methyl sites for hydroxylation is 2. The summed E-state index contributed by atoms with van der Waals surface area (Å²) in [4.78, 5) is 41.1. The van der Waals surface area contributed by atoms with E-state index in [1.807, 2.05) is 26.0 Å². The molecule has 0 radical (unpaired) electrons. The third kappa shape index (κ3) is 4.73. The van der Waals surface area contributed by atoms with Crippen LogP contribution in [0.15, 0.2) is 45.7 Å². The summed E-state index contributed by atoms with van der Waals surface area (Å²) in [5.41, 5.74) is 1.80. The number of pyridine rings is 1. The van der Waals surface area contributed by atoms with Gasteiger partial charge in [0.1, 0.15) is 5.82 Å². The summed E-state index contributed by atoms with van der Waals surface area (Å²) in [5, 5.41) is 5.45. The molecular weight excluding hydrogens is 438 g/mol. The molecule has 0 bridgehead atoms. The highest BCUT2D eigenvalue weighted by Crippen LogP contribution is 2.17. The molecule has 152 valence electrons. The smallest absolute Gasteiger partial charge is 0.326 e. The maximum Gasteiger partial charge on any atom is 0.330 e. The van der Waals surface area contributed by atoms with Gasteiger partial charge in [0.05, 0.1) is 5.52 Å². The topological polar surface area (TPSA) is 98.0 Å². The fraction of sp³-hybridized carbons (Fsp3) is 0.300. The average molecular weight is 460 g/mol. The molecule has 29 heavy (non-hydrogen) atoms. The van der Waals surface area contributed by atoms with Crippen LogP contribution in [0.25, 0.3) is 11.2 Å². The summed E-state index contributed by atoms with van der Waals surface area (Å²) < 4.78 is 4.07. The normalized spacial score (nSPS) is 10.9. The second kappa shape index (κ2) is 9.04. The summed E-state index contributed by atoms with van der Waals surface area (Å²) >= 11 is 3.34. The van der Waals surface area contributed by atoms with Crippen molar-refractivity contribution in [2.45, 2.75) is 39.8 Å². The third-order valence-corrected chi connectivity index (χ3v) is 4.94. The van der Waals surface area contributed by atoms with Crippen molar-refractivity contribution in [2.24, 2.45) is 0 Å². The van der Waals surface area contributed by atoms with Crippen LogP contribution in [-0.4, -0.2) is 25.9 Å². The van der Waals surface area contributed by atoms with Gasteiger partial charge in [-0.15, -0.1) is 0 Å². The second-order valence-corrected chi connectivity index (χ2v) is 7.33. The third-order valence-electron chi connectivity index (χ3n) is 4.45. The van der Waals surface area contributed by atoms with Crippen LogP contribution in [0.4, 0.5) is 11.5 Å². The molecule has 2 heterocycles. The first kappa shape index (κ1) is 20.8. The Balaban J connectivity index is 1.64. The van der Waals surface area contributed by atoms with E-state index < -0.39 is 0 Å². The molecule has 0 aliphatic rings. The molecule has 2 amide bonds. The molecule has 0 atom stereocenters. The van der Waals surface area contributed by atoms with E-state index in [9.17, 15) is 14.4 Å². The first-order chi connectivity index (χ1) is 13.9. The lowest BCUT2D eigenvalue weighted by Crippen LogP contribution is -2.23. The Morgan fingerprint density at radius 3 is 2.34 bits per heavy atom. The minimum absolute atomic E-state index is 0.0239. The number of carbonyl (C=O) groups excluding carboxylic acids is 2. The molecule has 9 heteroatoms. The number of amides is 2. The zero-order chi connectivity index (χ0) is 21.0. The Morgan fingerprint density at radius 1 is 1.00 bits per heavy atom. The van der Waals surface area contributed by atoms with Crippen LogP contribution in [0.2, 0.25) is 0 Å². The number of nitrogens with one attached hydrogen (secondary N) is 2. The van der Waals surface area contributed by atoms with Gasteiger partial charge in [-0.3, -0.25) is 18.7 Å². The van der Waals surface area contributed by atoms with Gasteiger partial charge in [0.25, 0.3) is 0 Å². The minimum atomic E-state index is -0.318. The Bertz CT molecular complexity index is 1120. The molecule has 1 aromatic carbocycles. The monoisotopic (exact) mass is 459 g/mol. The fourth-order valence-corrected chi connectivity index (χ4v) is 3.47. The maximum atomic E-state index is 12.4. The van der Waals surface area contributed by atoms with Crippen molar-refractivity contribution in [1.29, 1.82) is 0 Å². The Morgan fingerprint density at radius 2 is 1.69 bits per heavy atom. The fourth-order valence-electron chi connectivity index (χ4n) is 3.07.